The second-order valence-corrected chi connectivity index (χ2v) is 8.59. The molecule has 2 aromatic carbocycles. The van der Waals surface area contributed by atoms with Gasteiger partial charge in [0.05, 0.1) is 16.3 Å². The molecule has 2 heterocycles. The first kappa shape index (κ1) is 18.6. The molecule has 0 aliphatic rings. The summed E-state index contributed by atoms with van der Waals surface area (Å²) in [7, 11) is 4.18. The number of benzene rings is 2. The number of nitrogens with one attached hydrogen (secondary N) is 1. The standard InChI is InChI=1S/C21H24N6S/c1-21(2,26(3)4)19(27-14-22-13-23-27)15-9-11-16(12-10-15)24-20-25-17-7-5-6-8-18(17)28-20/h5-14,19H,1-4H3,(H,24,25). The predicted octanol–water partition coefficient (Wildman–Crippen LogP) is 4.56. The largest absolute Gasteiger partial charge is 0.332 e. The normalized spacial score (nSPS) is 13.2. The van der Waals surface area contributed by atoms with Crippen molar-refractivity contribution in [3.05, 3.63) is 66.7 Å². The molecular weight excluding hydrogens is 368 g/mol. The number of rotatable bonds is 6. The third kappa shape index (κ3) is 3.50. The number of para-hydroxylation sites is 1. The van der Waals surface area contributed by atoms with Crippen molar-refractivity contribution in [2.24, 2.45) is 0 Å². The molecule has 144 valence electrons. The number of hydrogen-bond donors (Lipinski definition) is 1. The number of aromatic nitrogens is 4. The molecule has 28 heavy (non-hydrogen) atoms. The summed E-state index contributed by atoms with van der Waals surface area (Å²) in [4.78, 5) is 11.0. The number of fused-ring (bicyclic) bond motifs is 1. The SMILES string of the molecule is CN(C)C(C)(C)C(c1ccc(Nc2nc3ccccc3s2)cc1)n1cncn1. The first-order chi connectivity index (χ1) is 13.4. The van der Waals surface area contributed by atoms with Crippen molar-refractivity contribution in [3.8, 4) is 0 Å². The van der Waals surface area contributed by atoms with Gasteiger partial charge in [0.2, 0.25) is 0 Å². The van der Waals surface area contributed by atoms with Crippen LogP contribution in [0.25, 0.3) is 10.2 Å². The van der Waals surface area contributed by atoms with Crippen LogP contribution < -0.4 is 5.32 Å². The lowest BCUT2D eigenvalue weighted by molar-refractivity contribution is 0.134. The van der Waals surface area contributed by atoms with Crippen molar-refractivity contribution in [1.29, 1.82) is 0 Å². The molecule has 4 aromatic rings. The molecule has 0 aliphatic carbocycles. The summed E-state index contributed by atoms with van der Waals surface area (Å²) in [5.41, 5.74) is 3.07. The highest BCUT2D eigenvalue weighted by atomic mass is 32.1. The molecule has 0 saturated carbocycles. The van der Waals surface area contributed by atoms with E-state index in [1.807, 2.05) is 22.9 Å². The van der Waals surface area contributed by atoms with Crippen molar-refractivity contribution >= 4 is 32.4 Å². The van der Waals surface area contributed by atoms with Crippen LogP contribution in [0, 0.1) is 0 Å². The zero-order chi connectivity index (χ0) is 19.7. The van der Waals surface area contributed by atoms with Gasteiger partial charge in [-0.25, -0.2) is 14.6 Å². The van der Waals surface area contributed by atoms with Gasteiger partial charge >= 0.3 is 0 Å². The van der Waals surface area contributed by atoms with E-state index >= 15 is 0 Å². The molecule has 0 saturated heterocycles. The Balaban J connectivity index is 1.61. The third-order valence-corrected chi connectivity index (χ3v) is 6.25. The molecule has 2 aromatic heterocycles. The summed E-state index contributed by atoms with van der Waals surface area (Å²) < 4.78 is 3.11. The van der Waals surface area contributed by atoms with Crippen LogP contribution in [-0.2, 0) is 0 Å². The Morgan fingerprint density at radius 3 is 2.46 bits per heavy atom. The minimum absolute atomic E-state index is 0.0431. The Bertz CT molecular complexity index is 1020. The van der Waals surface area contributed by atoms with E-state index in [1.54, 1.807) is 24.0 Å². The minimum atomic E-state index is -0.143. The van der Waals surface area contributed by atoms with Gasteiger partial charge in [-0.2, -0.15) is 5.10 Å². The fraction of sp³-hybridized carbons (Fsp3) is 0.286. The van der Waals surface area contributed by atoms with Gasteiger partial charge in [0.15, 0.2) is 5.13 Å². The Morgan fingerprint density at radius 1 is 1.07 bits per heavy atom. The lowest BCUT2D eigenvalue weighted by atomic mass is 9.87. The summed E-state index contributed by atoms with van der Waals surface area (Å²) in [6.45, 7) is 4.43. The predicted molar refractivity (Wildman–Crippen MR) is 115 cm³/mol. The first-order valence-electron chi connectivity index (χ1n) is 9.19. The van der Waals surface area contributed by atoms with Gasteiger partial charge in [0.1, 0.15) is 12.7 Å². The second-order valence-electron chi connectivity index (χ2n) is 7.56. The number of nitrogens with zero attached hydrogens (tertiary/aromatic N) is 5. The maximum Gasteiger partial charge on any atom is 0.188 e. The molecule has 1 atom stereocenters. The molecule has 0 aliphatic heterocycles. The van der Waals surface area contributed by atoms with Gasteiger partial charge in [-0.1, -0.05) is 35.6 Å². The zero-order valence-corrected chi connectivity index (χ0v) is 17.3. The zero-order valence-electron chi connectivity index (χ0n) is 16.5. The molecule has 6 nitrogen and oxygen atoms in total. The fourth-order valence-electron chi connectivity index (χ4n) is 3.28. The van der Waals surface area contributed by atoms with E-state index in [-0.39, 0.29) is 11.6 Å². The van der Waals surface area contributed by atoms with Crippen molar-refractivity contribution in [2.75, 3.05) is 19.4 Å². The Hall–Kier alpha value is -2.77. The van der Waals surface area contributed by atoms with Crippen LogP contribution in [0.1, 0.15) is 25.5 Å². The maximum atomic E-state index is 4.65. The molecule has 7 heteroatoms. The highest BCUT2D eigenvalue weighted by Crippen LogP contribution is 2.34. The quantitative estimate of drug-likeness (QED) is 0.521. The third-order valence-electron chi connectivity index (χ3n) is 5.29. The van der Waals surface area contributed by atoms with Crippen molar-refractivity contribution < 1.29 is 0 Å². The van der Waals surface area contributed by atoms with Crippen LogP contribution in [0.5, 0.6) is 0 Å². The van der Waals surface area contributed by atoms with Crippen molar-refractivity contribution in [2.45, 2.75) is 25.4 Å². The summed E-state index contributed by atoms with van der Waals surface area (Å²) in [6.07, 6.45) is 3.37. The minimum Gasteiger partial charge on any atom is -0.332 e. The van der Waals surface area contributed by atoms with E-state index in [2.05, 4.69) is 83.6 Å². The molecule has 4 rings (SSSR count). The number of anilines is 2. The lowest BCUT2D eigenvalue weighted by Crippen LogP contribution is -2.46. The van der Waals surface area contributed by atoms with Crippen LogP contribution in [0.2, 0.25) is 0 Å². The number of thiazole rings is 1. The van der Waals surface area contributed by atoms with Crippen LogP contribution in [-0.4, -0.2) is 44.3 Å². The summed E-state index contributed by atoms with van der Waals surface area (Å²) >= 11 is 1.66. The molecule has 0 radical (unpaired) electrons. The van der Waals surface area contributed by atoms with E-state index in [0.29, 0.717) is 0 Å². The first-order valence-corrected chi connectivity index (χ1v) is 10.0. The van der Waals surface area contributed by atoms with E-state index in [9.17, 15) is 0 Å². The summed E-state index contributed by atoms with van der Waals surface area (Å²) in [5.74, 6) is 0. The molecule has 0 spiro atoms. The highest BCUT2D eigenvalue weighted by molar-refractivity contribution is 7.22. The smallest absolute Gasteiger partial charge is 0.188 e. The van der Waals surface area contributed by atoms with Gasteiger partial charge in [-0.05, 0) is 57.8 Å². The van der Waals surface area contributed by atoms with Gasteiger partial charge in [0, 0.05) is 11.2 Å². The number of hydrogen-bond acceptors (Lipinski definition) is 6. The molecule has 1 unspecified atom stereocenters. The monoisotopic (exact) mass is 392 g/mol. The van der Waals surface area contributed by atoms with Gasteiger partial charge in [-0.15, -0.1) is 0 Å². The Labute approximate surface area is 168 Å². The molecule has 0 fully saturated rings. The van der Waals surface area contributed by atoms with Gasteiger partial charge in [0.25, 0.3) is 0 Å². The Kier molecular flexibility index (Phi) is 4.87. The second kappa shape index (κ2) is 7.33. The van der Waals surface area contributed by atoms with E-state index in [4.69, 9.17) is 0 Å². The average molecular weight is 393 g/mol. The Morgan fingerprint density at radius 2 is 1.82 bits per heavy atom. The van der Waals surface area contributed by atoms with Gasteiger partial charge < -0.3 is 10.2 Å². The van der Waals surface area contributed by atoms with Gasteiger partial charge in [-0.3, -0.25) is 0 Å². The fourth-order valence-corrected chi connectivity index (χ4v) is 4.16. The highest BCUT2D eigenvalue weighted by Gasteiger charge is 2.35. The lowest BCUT2D eigenvalue weighted by Gasteiger charge is -2.40. The van der Waals surface area contributed by atoms with Crippen molar-refractivity contribution in [3.63, 3.8) is 0 Å². The van der Waals surface area contributed by atoms with Crippen LogP contribution in [0.15, 0.2) is 61.2 Å². The number of likely N-dealkylation sites (N-methyl/N-ethyl adjacent to an activating group) is 1. The van der Waals surface area contributed by atoms with Crippen LogP contribution in [0.3, 0.4) is 0 Å². The maximum absolute atomic E-state index is 4.65. The molecule has 0 amide bonds. The average Bonchev–Trinajstić information content (AvgIpc) is 3.32. The van der Waals surface area contributed by atoms with Crippen LogP contribution in [0.4, 0.5) is 10.8 Å². The molecule has 1 N–H and O–H groups in total. The molecule has 0 bridgehead atoms. The summed E-state index contributed by atoms with van der Waals surface area (Å²) in [5, 5.41) is 8.73. The van der Waals surface area contributed by atoms with E-state index < -0.39 is 0 Å². The van der Waals surface area contributed by atoms with E-state index in [1.165, 1.54) is 10.3 Å². The van der Waals surface area contributed by atoms with Crippen molar-refractivity contribution in [1.82, 2.24) is 24.6 Å². The van der Waals surface area contributed by atoms with E-state index in [0.717, 1.165) is 16.3 Å². The molecular formula is C21H24N6S. The van der Waals surface area contributed by atoms with Crippen LogP contribution >= 0.6 is 11.3 Å². The topological polar surface area (TPSA) is 58.9 Å². The summed E-state index contributed by atoms with van der Waals surface area (Å²) in [6, 6.07) is 16.7.